The van der Waals surface area contributed by atoms with Gasteiger partial charge in [0.05, 0.1) is 24.0 Å². The largest absolute Gasteiger partial charge is 0.466 e. The van der Waals surface area contributed by atoms with Crippen LogP contribution < -0.4 is 5.32 Å². The summed E-state index contributed by atoms with van der Waals surface area (Å²) in [7, 11) is 0. The van der Waals surface area contributed by atoms with Crippen LogP contribution in [0.5, 0.6) is 0 Å². The summed E-state index contributed by atoms with van der Waals surface area (Å²) in [5.74, 6) is -0.355. The van der Waals surface area contributed by atoms with Gasteiger partial charge in [-0.2, -0.15) is 0 Å². The Morgan fingerprint density at radius 3 is 2.57 bits per heavy atom. The lowest BCUT2D eigenvalue weighted by atomic mass is 10.1. The molecule has 1 amide bonds. The Morgan fingerprint density at radius 2 is 1.93 bits per heavy atom. The van der Waals surface area contributed by atoms with Crippen molar-refractivity contribution in [1.82, 2.24) is 4.98 Å². The first-order chi connectivity index (χ1) is 13.4. The fourth-order valence-corrected chi connectivity index (χ4v) is 4.45. The molecule has 1 aromatic carbocycles. The van der Waals surface area contributed by atoms with Crippen LogP contribution >= 0.6 is 23.1 Å². The molecule has 1 aromatic heterocycles. The Bertz CT molecular complexity index is 818. The van der Waals surface area contributed by atoms with E-state index in [9.17, 15) is 14.4 Å². The summed E-state index contributed by atoms with van der Waals surface area (Å²) < 4.78 is 5.66. The number of Topliss-reactive ketones (excluding diaryl/α,β-unsaturated/α-hetero) is 1. The third-order valence-electron chi connectivity index (χ3n) is 3.74. The zero-order valence-corrected chi connectivity index (χ0v) is 17.8. The van der Waals surface area contributed by atoms with E-state index >= 15 is 0 Å². The van der Waals surface area contributed by atoms with Gasteiger partial charge in [0.2, 0.25) is 5.91 Å². The number of rotatable bonds is 10. The number of thiazole rings is 1. The number of hydrogen-bond donors (Lipinski definition) is 1. The van der Waals surface area contributed by atoms with E-state index in [4.69, 9.17) is 4.74 Å². The van der Waals surface area contributed by atoms with E-state index in [1.807, 2.05) is 19.2 Å². The van der Waals surface area contributed by atoms with Gasteiger partial charge >= 0.3 is 5.97 Å². The van der Waals surface area contributed by atoms with E-state index in [0.717, 1.165) is 10.8 Å². The van der Waals surface area contributed by atoms with Crippen LogP contribution in [-0.4, -0.2) is 34.5 Å². The molecule has 0 unspecified atom stereocenters. The molecular formula is C20H24N2O4S2. The minimum atomic E-state index is -0.317. The maximum absolute atomic E-state index is 12.6. The Kier molecular flexibility index (Phi) is 8.66. The Hall–Kier alpha value is -2.19. The number of amides is 1. The van der Waals surface area contributed by atoms with Gasteiger partial charge < -0.3 is 10.1 Å². The van der Waals surface area contributed by atoms with Crippen molar-refractivity contribution in [2.45, 2.75) is 49.6 Å². The summed E-state index contributed by atoms with van der Waals surface area (Å²) in [5.41, 5.74) is 1.91. The molecule has 150 valence electrons. The zero-order chi connectivity index (χ0) is 20.5. The van der Waals surface area contributed by atoms with Crippen LogP contribution in [0.2, 0.25) is 0 Å². The van der Waals surface area contributed by atoms with E-state index in [2.05, 4.69) is 10.3 Å². The van der Waals surface area contributed by atoms with E-state index in [-0.39, 0.29) is 29.3 Å². The quantitative estimate of drug-likeness (QED) is 0.349. The average molecular weight is 421 g/mol. The van der Waals surface area contributed by atoms with Crippen LogP contribution in [0.15, 0.2) is 34.0 Å². The molecule has 0 aliphatic heterocycles. The number of carbonyl (C=O) groups excluding carboxylic acids is 3. The predicted molar refractivity (Wildman–Crippen MR) is 112 cm³/mol. The van der Waals surface area contributed by atoms with E-state index in [1.54, 1.807) is 31.2 Å². The standard InChI is InChI=1S/C20H24N2O4S2/c1-4-6-17(23)21-15-9-7-14(8-10-15)19(25)13(3)28-20-22-16(12-27-20)11-18(24)26-5-2/h7-10,12-13H,4-6,11H2,1-3H3,(H,21,23)/t13-/m1/s1. The first kappa shape index (κ1) is 22.1. The van der Waals surface area contributed by atoms with Crippen molar-refractivity contribution in [1.29, 1.82) is 0 Å². The van der Waals surface area contributed by atoms with Crippen LogP contribution in [0.1, 0.15) is 49.7 Å². The molecule has 0 radical (unpaired) electrons. The SMILES string of the molecule is CCCC(=O)Nc1ccc(C(=O)[C@@H](C)Sc2nc(CC(=O)OCC)cs2)cc1. The highest BCUT2D eigenvalue weighted by Gasteiger charge is 2.19. The summed E-state index contributed by atoms with van der Waals surface area (Å²) in [4.78, 5) is 40.2. The number of ketones is 1. The topological polar surface area (TPSA) is 85.4 Å². The van der Waals surface area contributed by atoms with Gasteiger partial charge in [0.15, 0.2) is 10.1 Å². The number of hydrogen-bond acceptors (Lipinski definition) is 7. The molecule has 2 aromatic rings. The molecule has 0 saturated carbocycles. The fourth-order valence-electron chi connectivity index (χ4n) is 2.39. The van der Waals surface area contributed by atoms with Crippen molar-refractivity contribution in [2.75, 3.05) is 11.9 Å². The van der Waals surface area contributed by atoms with Gasteiger partial charge in [-0.1, -0.05) is 18.7 Å². The summed E-state index contributed by atoms with van der Waals surface area (Å²) in [6.07, 6.45) is 1.40. The number of esters is 1. The second-order valence-corrected chi connectivity index (χ2v) is 8.53. The second kappa shape index (κ2) is 11.0. The smallest absolute Gasteiger partial charge is 0.311 e. The molecule has 0 saturated heterocycles. The molecule has 0 bridgehead atoms. The number of aromatic nitrogens is 1. The van der Waals surface area contributed by atoms with Crippen LogP contribution in [0.4, 0.5) is 5.69 Å². The van der Waals surface area contributed by atoms with Crippen LogP contribution in [0, 0.1) is 0 Å². The molecule has 0 fully saturated rings. The molecule has 0 spiro atoms. The molecule has 1 heterocycles. The molecule has 0 aliphatic carbocycles. The first-order valence-electron chi connectivity index (χ1n) is 9.13. The number of anilines is 1. The fraction of sp³-hybridized carbons (Fsp3) is 0.400. The number of benzene rings is 1. The lowest BCUT2D eigenvalue weighted by Gasteiger charge is -2.09. The molecule has 1 atom stereocenters. The second-order valence-electron chi connectivity index (χ2n) is 6.09. The van der Waals surface area contributed by atoms with E-state index < -0.39 is 0 Å². The van der Waals surface area contributed by atoms with E-state index in [1.165, 1.54) is 23.1 Å². The van der Waals surface area contributed by atoms with E-state index in [0.29, 0.717) is 30.0 Å². The highest BCUT2D eigenvalue weighted by atomic mass is 32.2. The van der Waals surface area contributed by atoms with Crippen molar-refractivity contribution in [3.05, 3.63) is 40.9 Å². The Balaban J connectivity index is 1.92. The Morgan fingerprint density at radius 1 is 1.21 bits per heavy atom. The number of ether oxygens (including phenoxy) is 1. The number of nitrogens with zero attached hydrogens (tertiary/aromatic N) is 1. The predicted octanol–water partition coefficient (Wildman–Crippen LogP) is 4.35. The highest BCUT2D eigenvalue weighted by Crippen LogP contribution is 2.29. The van der Waals surface area contributed by atoms with Gasteiger partial charge in [-0.3, -0.25) is 14.4 Å². The van der Waals surface area contributed by atoms with Gasteiger partial charge in [-0.05, 0) is 44.5 Å². The zero-order valence-electron chi connectivity index (χ0n) is 16.2. The molecule has 1 N–H and O–H groups in total. The molecule has 0 aliphatic rings. The van der Waals surface area contributed by atoms with Gasteiger partial charge in [-0.15, -0.1) is 11.3 Å². The molecular weight excluding hydrogens is 396 g/mol. The third-order valence-corrected chi connectivity index (χ3v) is 5.86. The maximum Gasteiger partial charge on any atom is 0.311 e. The lowest BCUT2D eigenvalue weighted by Crippen LogP contribution is -2.14. The van der Waals surface area contributed by atoms with Crippen molar-refractivity contribution in [3.63, 3.8) is 0 Å². The normalized spacial score (nSPS) is 11.7. The summed E-state index contributed by atoms with van der Waals surface area (Å²) in [6.45, 7) is 5.88. The Labute approximate surface area is 173 Å². The van der Waals surface area contributed by atoms with Gasteiger partial charge in [0.1, 0.15) is 0 Å². The summed E-state index contributed by atoms with van der Waals surface area (Å²) in [6, 6.07) is 6.90. The van der Waals surface area contributed by atoms with Gasteiger partial charge in [0, 0.05) is 23.1 Å². The lowest BCUT2D eigenvalue weighted by molar-refractivity contribution is -0.142. The summed E-state index contributed by atoms with van der Waals surface area (Å²) in [5, 5.41) is 4.30. The number of thioether (sulfide) groups is 1. The van der Waals surface area contributed by atoms with Crippen LogP contribution in [0.25, 0.3) is 0 Å². The van der Waals surface area contributed by atoms with Crippen molar-refractivity contribution < 1.29 is 19.1 Å². The third kappa shape index (κ3) is 6.76. The molecule has 8 heteroatoms. The monoisotopic (exact) mass is 420 g/mol. The minimum Gasteiger partial charge on any atom is -0.466 e. The van der Waals surface area contributed by atoms with Crippen molar-refractivity contribution >= 4 is 46.4 Å². The van der Waals surface area contributed by atoms with Crippen molar-refractivity contribution in [3.8, 4) is 0 Å². The summed E-state index contributed by atoms with van der Waals surface area (Å²) >= 11 is 2.77. The van der Waals surface area contributed by atoms with Gasteiger partial charge in [-0.25, -0.2) is 4.98 Å². The maximum atomic E-state index is 12.6. The average Bonchev–Trinajstić information content (AvgIpc) is 3.08. The molecule has 2 rings (SSSR count). The van der Waals surface area contributed by atoms with Gasteiger partial charge in [0.25, 0.3) is 0 Å². The minimum absolute atomic E-state index is 0.0152. The number of carbonyl (C=O) groups is 3. The number of nitrogens with one attached hydrogen (secondary N) is 1. The first-order valence-corrected chi connectivity index (χ1v) is 10.9. The van der Waals surface area contributed by atoms with Crippen LogP contribution in [0.3, 0.4) is 0 Å². The molecule has 6 nitrogen and oxygen atoms in total. The van der Waals surface area contributed by atoms with Crippen LogP contribution in [-0.2, 0) is 20.7 Å². The highest BCUT2D eigenvalue weighted by molar-refractivity contribution is 8.02. The van der Waals surface area contributed by atoms with Crippen molar-refractivity contribution in [2.24, 2.45) is 0 Å². The molecule has 28 heavy (non-hydrogen) atoms.